The summed E-state index contributed by atoms with van der Waals surface area (Å²) in [5.41, 5.74) is 2.60. The van der Waals surface area contributed by atoms with Gasteiger partial charge in [0.2, 0.25) is 0 Å². The Morgan fingerprint density at radius 3 is 2.69 bits per heavy atom. The van der Waals surface area contributed by atoms with Crippen LogP contribution >= 0.6 is 0 Å². The molecule has 0 bridgehead atoms. The molecule has 0 radical (unpaired) electrons. The van der Waals surface area contributed by atoms with Crippen molar-refractivity contribution < 1.29 is 14.1 Å². The number of rotatable bonds is 5. The number of pyridine rings is 1. The van der Waals surface area contributed by atoms with Crippen molar-refractivity contribution in [3.8, 4) is 0 Å². The minimum Gasteiger partial charge on any atom is -0.325 e. The predicted molar refractivity (Wildman–Crippen MR) is 96.7 cm³/mol. The Morgan fingerprint density at radius 1 is 1.23 bits per heavy atom. The number of benzene rings is 1. The van der Waals surface area contributed by atoms with E-state index in [2.05, 4.69) is 10.3 Å². The SMILES string of the molecule is Cc1ccc2nc(C[NH+](C)CC(=O)Nc3ccc(F)cc3)cc(=O)n2c1. The number of quaternary nitrogens is 1. The minimum atomic E-state index is -0.352. The Bertz CT molecular complexity index is 999. The Labute approximate surface area is 149 Å². The molecule has 0 aliphatic rings. The number of amides is 1. The highest BCUT2D eigenvalue weighted by molar-refractivity contribution is 5.91. The van der Waals surface area contributed by atoms with E-state index in [0.29, 0.717) is 23.6 Å². The van der Waals surface area contributed by atoms with Gasteiger partial charge in [-0.25, -0.2) is 9.37 Å². The fourth-order valence-electron chi connectivity index (χ4n) is 2.73. The predicted octanol–water partition coefficient (Wildman–Crippen LogP) is 0.795. The molecule has 1 unspecified atom stereocenters. The first-order chi connectivity index (χ1) is 12.4. The Balaban J connectivity index is 1.65. The Kier molecular flexibility index (Phi) is 5.09. The maximum atomic E-state index is 12.9. The van der Waals surface area contributed by atoms with Crippen LogP contribution in [0.15, 0.2) is 53.5 Å². The second kappa shape index (κ2) is 7.45. The molecule has 0 saturated carbocycles. The van der Waals surface area contributed by atoms with Gasteiger partial charge in [0.1, 0.15) is 23.7 Å². The van der Waals surface area contributed by atoms with E-state index in [9.17, 15) is 14.0 Å². The van der Waals surface area contributed by atoms with Crippen LogP contribution in [0.3, 0.4) is 0 Å². The van der Waals surface area contributed by atoms with E-state index < -0.39 is 0 Å². The zero-order valence-corrected chi connectivity index (χ0v) is 14.6. The van der Waals surface area contributed by atoms with Crippen molar-refractivity contribution in [2.75, 3.05) is 18.9 Å². The highest BCUT2D eigenvalue weighted by atomic mass is 19.1. The molecule has 0 saturated heterocycles. The zero-order valence-electron chi connectivity index (χ0n) is 14.6. The molecular formula is C19H20FN4O2+. The third kappa shape index (κ3) is 4.31. The van der Waals surface area contributed by atoms with Crippen LogP contribution in [0.1, 0.15) is 11.3 Å². The molecule has 134 valence electrons. The molecule has 1 atom stereocenters. The maximum Gasteiger partial charge on any atom is 0.279 e. The minimum absolute atomic E-state index is 0.141. The number of carbonyl (C=O) groups excluding carboxylic acids is 1. The molecule has 0 aliphatic carbocycles. The first-order valence-electron chi connectivity index (χ1n) is 8.26. The summed E-state index contributed by atoms with van der Waals surface area (Å²) < 4.78 is 14.4. The normalized spacial score (nSPS) is 12.1. The molecular weight excluding hydrogens is 335 g/mol. The zero-order chi connectivity index (χ0) is 18.7. The van der Waals surface area contributed by atoms with Gasteiger partial charge in [-0.15, -0.1) is 0 Å². The number of hydrogen-bond donors (Lipinski definition) is 2. The molecule has 1 amide bonds. The van der Waals surface area contributed by atoms with Gasteiger partial charge >= 0.3 is 0 Å². The van der Waals surface area contributed by atoms with Gasteiger partial charge < -0.3 is 10.2 Å². The molecule has 2 aromatic heterocycles. The van der Waals surface area contributed by atoms with Gasteiger partial charge in [-0.05, 0) is 42.8 Å². The molecule has 2 N–H and O–H groups in total. The van der Waals surface area contributed by atoms with Crippen LogP contribution in [0.5, 0.6) is 0 Å². The number of aromatic nitrogens is 2. The van der Waals surface area contributed by atoms with Crippen molar-refractivity contribution in [3.63, 3.8) is 0 Å². The third-order valence-electron chi connectivity index (χ3n) is 3.93. The largest absolute Gasteiger partial charge is 0.325 e. The maximum absolute atomic E-state index is 12.9. The van der Waals surface area contributed by atoms with Crippen molar-refractivity contribution in [1.29, 1.82) is 0 Å². The molecule has 0 spiro atoms. The number of nitrogens with one attached hydrogen (secondary N) is 2. The summed E-state index contributed by atoms with van der Waals surface area (Å²) in [4.78, 5) is 29.7. The summed E-state index contributed by atoms with van der Waals surface area (Å²) in [7, 11) is 1.85. The van der Waals surface area contributed by atoms with Crippen molar-refractivity contribution in [1.82, 2.24) is 9.38 Å². The smallest absolute Gasteiger partial charge is 0.279 e. The van der Waals surface area contributed by atoms with Gasteiger partial charge in [0.05, 0.1) is 7.05 Å². The molecule has 26 heavy (non-hydrogen) atoms. The summed E-state index contributed by atoms with van der Waals surface area (Å²) in [6.45, 7) is 2.56. The second-order valence-corrected chi connectivity index (χ2v) is 6.39. The van der Waals surface area contributed by atoms with E-state index in [1.807, 2.05) is 20.0 Å². The van der Waals surface area contributed by atoms with E-state index in [-0.39, 0.29) is 23.8 Å². The lowest BCUT2D eigenvalue weighted by Crippen LogP contribution is -3.08. The van der Waals surface area contributed by atoms with Crippen LogP contribution in [-0.2, 0) is 11.3 Å². The van der Waals surface area contributed by atoms with Crippen LogP contribution in [0, 0.1) is 12.7 Å². The van der Waals surface area contributed by atoms with Gasteiger partial charge in [-0.3, -0.25) is 14.0 Å². The fraction of sp³-hybridized carbons (Fsp3) is 0.211. The number of anilines is 1. The van der Waals surface area contributed by atoms with Gasteiger partial charge in [0.25, 0.3) is 11.5 Å². The van der Waals surface area contributed by atoms with Crippen LogP contribution in [0.4, 0.5) is 10.1 Å². The molecule has 3 rings (SSSR count). The molecule has 0 fully saturated rings. The topological polar surface area (TPSA) is 67.9 Å². The van der Waals surface area contributed by atoms with E-state index in [0.717, 1.165) is 10.5 Å². The third-order valence-corrected chi connectivity index (χ3v) is 3.93. The average molecular weight is 355 g/mol. The van der Waals surface area contributed by atoms with E-state index in [4.69, 9.17) is 0 Å². The lowest BCUT2D eigenvalue weighted by molar-refractivity contribution is -0.885. The summed E-state index contributed by atoms with van der Waals surface area (Å²) in [6, 6.07) is 10.8. The van der Waals surface area contributed by atoms with Gasteiger partial charge in [0.15, 0.2) is 6.54 Å². The number of fused-ring (bicyclic) bond motifs is 1. The number of likely N-dealkylation sites (N-methyl/N-ethyl adjacent to an activating group) is 1. The fourth-order valence-corrected chi connectivity index (χ4v) is 2.73. The molecule has 7 heteroatoms. The number of halogens is 1. The lowest BCUT2D eigenvalue weighted by atomic mass is 10.3. The van der Waals surface area contributed by atoms with E-state index in [1.165, 1.54) is 34.7 Å². The van der Waals surface area contributed by atoms with Gasteiger partial charge in [-0.1, -0.05) is 6.07 Å². The molecule has 3 aromatic rings. The average Bonchev–Trinajstić information content (AvgIpc) is 2.57. The van der Waals surface area contributed by atoms with Crippen LogP contribution in [0.25, 0.3) is 5.65 Å². The molecule has 0 aliphatic heterocycles. The standard InChI is InChI=1S/C19H19FN4O2/c1-13-3-8-17-21-16(9-19(26)24(17)10-13)11-23(2)12-18(25)22-15-6-4-14(20)5-7-15/h3-10H,11-12H2,1-2H3,(H,22,25)/p+1. The van der Waals surface area contributed by atoms with E-state index in [1.54, 1.807) is 12.3 Å². The number of hydrogen-bond acceptors (Lipinski definition) is 3. The summed E-state index contributed by atoms with van der Waals surface area (Å²) in [5, 5.41) is 2.72. The van der Waals surface area contributed by atoms with Gasteiger partial charge in [0, 0.05) is 18.0 Å². The van der Waals surface area contributed by atoms with Crippen molar-refractivity contribution in [3.05, 3.63) is 76.1 Å². The summed E-state index contributed by atoms with van der Waals surface area (Å²) in [6.07, 6.45) is 1.75. The highest BCUT2D eigenvalue weighted by Gasteiger charge is 2.13. The number of carbonyl (C=O) groups is 1. The summed E-state index contributed by atoms with van der Waals surface area (Å²) in [5.74, 6) is -0.545. The number of nitrogens with zero attached hydrogens (tertiary/aromatic N) is 2. The second-order valence-electron chi connectivity index (χ2n) is 6.39. The molecule has 2 heterocycles. The van der Waals surface area contributed by atoms with E-state index >= 15 is 0 Å². The Hall–Kier alpha value is -3.06. The van der Waals surface area contributed by atoms with Crippen molar-refractivity contribution in [2.24, 2.45) is 0 Å². The van der Waals surface area contributed by atoms with Crippen molar-refractivity contribution >= 4 is 17.2 Å². The summed E-state index contributed by atoms with van der Waals surface area (Å²) >= 11 is 0. The Morgan fingerprint density at radius 2 is 1.96 bits per heavy atom. The first kappa shape index (κ1) is 17.8. The first-order valence-corrected chi connectivity index (χ1v) is 8.26. The monoisotopic (exact) mass is 355 g/mol. The number of aryl methyl sites for hydroxylation is 1. The van der Waals surface area contributed by atoms with Gasteiger partial charge in [-0.2, -0.15) is 0 Å². The van der Waals surface area contributed by atoms with Crippen LogP contribution in [0.2, 0.25) is 0 Å². The van der Waals surface area contributed by atoms with Crippen LogP contribution in [-0.4, -0.2) is 28.9 Å². The van der Waals surface area contributed by atoms with Crippen LogP contribution < -0.4 is 15.8 Å². The van der Waals surface area contributed by atoms with Crippen molar-refractivity contribution in [2.45, 2.75) is 13.5 Å². The lowest BCUT2D eigenvalue weighted by Gasteiger charge is -2.14. The highest BCUT2D eigenvalue weighted by Crippen LogP contribution is 2.07. The quantitative estimate of drug-likeness (QED) is 0.711. The molecule has 6 nitrogen and oxygen atoms in total. The molecule has 1 aromatic carbocycles.